The minimum atomic E-state index is -4.09. The zero-order valence-corrected chi connectivity index (χ0v) is 11.3. The van der Waals surface area contributed by atoms with Crippen LogP contribution in [-0.4, -0.2) is 23.3 Å². The molecular formula is C11H22F3NS. The molecule has 0 radical (unpaired) electrons. The lowest BCUT2D eigenvalue weighted by atomic mass is 10.0. The van der Waals surface area contributed by atoms with E-state index in [9.17, 15) is 13.2 Å². The van der Waals surface area contributed by atoms with Crippen molar-refractivity contribution in [1.82, 2.24) is 5.32 Å². The molecule has 5 heteroatoms. The average Bonchev–Trinajstić information content (AvgIpc) is 2.07. The highest BCUT2D eigenvalue weighted by Gasteiger charge is 2.28. The van der Waals surface area contributed by atoms with E-state index in [1.807, 2.05) is 6.92 Å². The minimum absolute atomic E-state index is 0.0323. The van der Waals surface area contributed by atoms with Crippen molar-refractivity contribution in [3.63, 3.8) is 0 Å². The fraction of sp³-hybridized carbons (Fsp3) is 1.00. The van der Waals surface area contributed by atoms with Crippen molar-refractivity contribution < 1.29 is 13.2 Å². The summed E-state index contributed by atoms with van der Waals surface area (Å²) in [6.45, 7) is 8.99. The lowest BCUT2D eigenvalue weighted by Crippen LogP contribution is -2.39. The molecule has 0 aromatic carbocycles. The smallest absolute Gasteiger partial charge is 0.312 e. The molecule has 0 aliphatic rings. The molecule has 0 aromatic heterocycles. The van der Waals surface area contributed by atoms with Crippen molar-refractivity contribution in [3.05, 3.63) is 0 Å². The third kappa shape index (κ3) is 10.6. The van der Waals surface area contributed by atoms with Crippen LogP contribution in [0.3, 0.4) is 0 Å². The monoisotopic (exact) mass is 257 g/mol. The molecule has 0 saturated carbocycles. The largest absolute Gasteiger partial charge is 0.441 e. The normalized spacial score (nSPS) is 15.2. The number of alkyl halides is 3. The molecule has 0 aliphatic carbocycles. The fourth-order valence-corrected chi connectivity index (χ4v) is 1.93. The van der Waals surface area contributed by atoms with Gasteiger partial charge in [-0.05, 0) is 39.7 Å². The van der Waals surface area contributed by atoms with Gasteiger partial charge in [-0.2, -0.15) is 13.2 Å². The molecule has 0 heterocycles. The van der Waals surface area contributed by atoms with Gasteiger partial charge in [-0.1, -0.05) is 25.1 Å². The van der Waals surface area contributed by atoms with Gasteiger partial charge in [0.15, 0.2) is 0 Å². The van der Waals surface area contributed by atoms with Crippen LogP contribution in [0, 0.1) is 5.92 Å². The summed E-state index contributed by atoms with van der Waals surface area (Å²) in [5.41, 5.74) is -4.06. The second-order valence-corrected chi connectivity index (χ2v) is 6.15. The van der Waals surface area contributed by atoms with Gasteiger partial charge < -0.3 is 5.32 Å². The molecule has 98 valence electrons. The van der Waals surface area contributed by atoms with Gasteiger partial charge >= 0.3 is 5.51 Å². The molecule has 0 saturated heterocycles. The van der Waals surface area contributed by atoms with Crippen LogP contribution in [0.2, 0.25) is 0 Å². The van der Waals surface area contributed by atoms with Crippen molar-refractivity contribution in [3.8, 4) is 0 Å². The quantitative estimate of drug-likeness (QED) is 0.770. The van der Waals surface area contributed by atoms with E-state index in [-0.39, 0.29) is 23.1 Å². The predicted octanol–water partition coefficient (Wildman–Crippen LogP) is 4.04. The van der Waals surface area contributed by atoms with Gasteiger partial charge in [-0.3, -0.25) is 0 Å². The Labute approximate surface area is 101 Å². The number of thioether (sulfide) groups is 1. The van der Waals surface area contributed by atoms with Crippen molar-refractivity contribution in [2.75, 3.05) is 12.3 Å². The standard InChI is InChI=1S/C11H22F3NS/c1-5-9(8-15-10(2,3)4)6-7-16-11(12,13)14/h9,15H,5-8H2,1-4H3. The molecule has 0 fully saturated rings. The van der Waals surface area contributed by atoms with E-state index in [2.05, 4.69) is 26.1 Å². The molecule has 0 aromatic rings. The van der Waals surface area contributed by atoms with Crippen molar-refractivity contribution in [1.29, 1.82) is 0 Å². The van der Waals surface area contributed by atoms with E-state index >= 15 is 0 Å². The maximum absolute atomic E-state index is 11.9. The maximum Gasteiger partial charge on any atom is 0.441 e. The lowest BCUT2D eigenvalue weighted by molar-refractivity contribution is -0.0328. The summed E-state index contributed by atoms with van der Waals surface area (Å²) in [6.07, 6.45) is 1.53. The van der Waals surface area contributed by atoms with E-state index in [4.69, 9.17) is 0 Å². The first-order valence-corrected chi connectivity index (χ1v) is 6.58. The van der Waals surface area contributed by atoms with E-state index in [1.165, 1.54) is 0 Å². The second kappa shape index (κ2) is 6.74. The molecule has 0 spiro atoms. The molecule has 16 heavy (non-hydrogen) atoms. The fourth-order valence-electron chi connectivity index (χ4n) is 1.24. The summed E-state index contributed by atoms with van der Waals surface area (Å²) in [6, 6.07) is 0. The first-order valence-electron chi connectivity index (χ1n) is 5.60. The molecule has 0 rings (SSSR count). The van der Waals surface area contributed by atoms with Crippen LogP contribution in [-0.2, 0) is 0 Å². The van der Waals surface area contributed by atoms with Gasteiger partial charge in [0.25, 0.3) is 0 Å². The molecule has 1 nitrogen and oxygen atoms in total. The summed E-state index contributed by atoms with van der Waals surface area (Å²) >= 11 is 0.0828. The number of hydrogen-bond acceptors (Lipinski definition) is 2. The van der Waals surface area contributed by atoms with Crippen molar-refractivity contribution in [2.45, 2.75) is 51.6 Å². The number of halogens is 3. The number of rotatable bonds is 6. The van der Waals surface area contributed by atoms with Crippen LogP contribution in [0.15, 0.2) is 0 Å². The van der Waals surface area contributed by atoms with E-state index in [1.54, 1.807) is 0 Å². The van der Waals surface area contributed by atoms with Crippen LogP contribution in [0.25, 0.3) is 0 Å². The first kappa shape index (κ1) is 16.1. The maximum atomic E-state index is 11.9. The molecule has 0 amide bonds. The zero-order chi connectivity index (χ0) is 12.8. The number of hydrogen-bond donors (Lipinski definition) is 1. The van der Waals surface area contributed by atoms with Crippen LogP contribution in [0.1, 0.15) is 40.5 Å². The highest BCUT2D eigenvalue weighted by Crippen LogP contribution is 2.31. The zero-order valence-electron chi connectivity index (χ0n) is 10.4. The van der Waals surface area contributed by atoms with Gasteiger partial charge in [0, 0.05) is 11.3 Å². The Morgan fingerprint density at radius 3 is 2.12 bits per heavy atom. The Morgan fingerprint density at radius 2 is 1.75 bits per heavy atom. The Kier molecular flexibility index (Phi) is 6.79. The minimum Gasteiger partial charge on any atom is -0.312 e. The van der Waals surface area contributed by atoms with Gasteiger partial charge in [-0.25, -0.2) is 0 Å². The summed E-state index contributed by atoms with van der Waals surface area (Å²) in [5, 5.41) is 3.33. The SMILES string of the molecule is CCC(CCSC(F)(F)F)CNC(C)(C)C. The van der Waals surface area contributed by atoms with Gasteiger partial charge in [-0.15, -0.1) is 0 Å². The van der Waals surface area contributed by atoms with E-state index in [0.717, 1.165) is 13.0 Å². The molecule has 1 unspecified atom stereocenters. The first-order chi connectivity index (χ1) is 7.14. The molecule has 0 aliphatic heterocycles. The van der Waals surface area contributed by atoms with Crippen LogP contribution < -0.4 is 5.32 Å². The Morgan fingerprint density at radius 1 is 1.19 bits per heavy atom. The van der Waals surface area contributed by atoms with Gasteiger partial charge in [0.1, 0.15) is 0 Å². The second-order valence-electron chi connectivity index (χ2n) is 4.99. The predicted molar refractivity (Wildman–Crippen MR) is 64.7 cm³/mol. The highest BCUT2D eigenvalue weighted by atomic mass is 32.2. The van der Waals surface area contributed by atoms with Crippen molar-refractivity contribution >= 4 is 11.8 Å². The van der Waals surface area contributed by atoms with Crippen molar-refractivity contribution in [2.24, 2.45) is 5.92 Å². The summed E-state index contributed by atoms with van der Waals surface area (Å²) in [7, 11) is 0. The third-order valence-electron chi connectivity index (χ3n) is 2.29. The van der Waals surface area contributed by atoms with Crippen LogP contribution in [0.4, 0.5) is 13.2 Å². The van der Waals surface area contributed by atoms with Gasteiger partial charge in [0.2, 0.25) is 0 Å². The Balaban J connectivity index is 3.76. The Bertz CT molecular complexity index is 187. The Hall–Kier alpha value is 0.1000. The topological polar surface area (TPSA) is 12.0 Å². The summed E-state index contributed by atoms with van der Waals surface area (Å²) in [4.78, 5) is 0. The molecule has 1 N–H and O–H groups in total. The summed E-state index contributed by atoms with van der Waals surface area (Å²) in [5.74, 6) is 0.488. The van der Waals surface area contributed by atoms with E-state index < -0.39 is 5.51 Å². The van der Waals surface area contributed by atoms with Crippen LogP contribution in [0.5, 0.6) is 0 Å². The highest BCUT2D eigenvalue weighted by molar-refractivity contribution is 8.00. The van der Waals surface area contributed by atoms with E-state index in [0.29, 0.717) is 12.3 Å². The van der Waals surface area contributed by atoms with Crippen LogP contribution >= 0.6 is 11.8 Å². The number of nitrogens with one attached hydrogen (secondary N) is 1. The van der Waals surface area contributed by atoms with Gasteiger partial charge in [0.05, 0.1) is 0 Å². The summed E-state index contributed by atoms with van der Waals surface area (Å²) < 4.78 is 35.8. The average molecular weight is 257 g/mol. The third-order valence-corrected chi connectivity index (χ3v) is 3.06. The molecule has 1 atom stereocenters. The lowest BCUT2D eigenvalue weighted by Gasteiger charge is -2.24. The molecule has 0 bridgehead atoms. The molecular weight excluding hydrogens is 235 g/mol.